The van der Waals surface area contributed by atoms with Crippen molar-refractivity contribution in [3.05, 3.63) is 95.6 Å². The van der Waals surface area contributed by atoms with E-state index in [1.807, 2.05) is 78.9 Å². The van der Waals surface area contributed by atoms with Gasteiger partial charge in [-0.2, -0.15) is 0 Å². The van der Waals surface area contributed by atoms with E-state index in [-0.39, 0.29) is 26.5 Å². The van der Waals surface area contributed by atoms with Crippen LogP contribution in [0.25, 0.3) is 0 Å². The maximum atomic E-state index is 11.8. The molecule has 3 aromatic carbocycles. The summed E-state index contributed by atoms with van der Waals surface area (Å²) in [6, 6.07) is 26.3. The number of likely N-dealkylation sites (tertiary alicyclic amines) is 1. The summed E-state index contributed by atoms with van der Waals surface area (Å²) in [5.74, 6) is 1.04. The van der Waals surface area contributed by atoms with Gasteiger partial charge in [0.25, 0.3) is 0 Å². The van der Waals surface area contributed by atoms with Crippen molar-refractivity contribution >= 4 is 14.2 Å². The van der Waals surface area contributed by atoms with E-state index in [4.69, 9.17) is 23.7 Å². The average Bonchev–Trinajstić information content (AvgIpc) is 3.02. The molecule has 2 N–H and O–H groups in total. The lowest BCUT2D eigenvalue weighted by atomic mass is 9.84. The zero-order chi connectivity index (χ0) is 32.1. The van der Waals surface area contributed by atoms with E-state index >= 15 is 0 Å². The van der Waals surface area contributed by atoms with Crippen molar-refractivity contribution in [2.75, 3.05) is 39.7 Å². The van der Waals surface area contributed by atoms with Crippen LogP contribution in [-0.2, 0) is 27.4 Å². The Labute approximate surface area is 267 Å². The lowest BCUT2D eigenvalue weighted by Gasteiger charge is -2.40. The molecule has 1 amide bonds. The van der Waals surface area contributed by atoms with Gasteiger partial charge in [-0.15, -0.1) is 0 Å². The van der Waals surface area contributed by atoms with Gasteiger partial charge in [-0.1, -0.05) is 74.2 Å². The van der Waals surface area contributed by atoms with Crippen molar-refractivity contribution < 1.29 is 38.7 Å². The van der Waals surface area contributed by atoms with Crippen LogP contribution in [0.2, 0.25) is 25.7 Å². The molecule has 0 aromatic heterocycles. The summed E-state index contributed by atoms with van der Waals surface area (Å²) in [6.45, 7) is 9.99. The van der Waals surface area contributed by atoms with Gasteiger partial charge in [-0.05, 0) is 47.0 Å². The molecule has 1 saturated heterocycles. The number of ether oxygens (including phenoxy) is 5. The van der Waals surface area contributed by atoms with Crippen molar-refractivity contribution in [2.24, 2.45) is 0 Å². The monoisotopic (exact) mass is 637 g/mol. The second-order valence-corrected chi connectivity index (χ2v) is 18.2. The van der Waals surface area contributed by atoms with Crippen LogP contribution in [0.15, 0.2) is 78.9 Å². The Morgan fingerprint density at radius 2 is 1.47 bits per heavy atom. The molecular weight excluding hydrogens is 590 g/mol. The van der Waals surface area contributed by atoms with Gasteiger partial charge in [0, 0.05) is 27.0 Å². The van der Waals surface area contributed by atoms with Gasteiger partial charge >= 0.3 is 6.09 Å². The standard InChI is InChI=1S/C35H47NO8Si/c1-45(2,3)21-20-41-26-44-31-14-10-28(11-15-31)25-43-33-23-36(35(38)39)22-32(37)34(33)29-12-16-30(17-13-29)42-19-7-18-40-24-27-8-5-4-6-9-27/h4-6,8-17,32-34,37H,7,18-26H2,1-3H3,(H,38,39). The van der Waals surface area contributed by atoms with E-state index in [1.54, 1.807) is 0 Å². The largest absolute Gasteiger partial charge is 0.494 e. The molecule has 0 saturated carbocycles. The summed E-state index contributed by atoms with van der Waals surface area (Å²) in [7, 11) is -1.13. The van der Waals surface area contributed by atoms with Crippen LogP contribution in [0.1, 0.15) is 29.0 Å². The third-order valence-corrected chi connectivity index (χ3v) is 9.37. The molecule has 1 fully saturated rings. The number of nitrogens with zero attached hydrogens (tertiary/aromatic N) is 1. The lowest BCUT2D eigenvalue weighted by Crippen LogP contribution is -2.53. The molecular formula is C35H47NO8Si. The smallest absolute Gasteiger partial charge is 0.407 e. The molecule has 244 valence electrons. The van der Waals surface area contributed by atoms with Gasteiger partial charge in [0.05, 0.1) is 51.7 Å². The quantitative estimate of drug-likeness (QED) is 0.0997. The minimum absolute atomic E-state index is 0.0210. The normalized spacial score (nSPS) is 18.5. The average molecular weight is 638 g/mol. The van der Waals surface area contributed by atoms with E-state index in [2.05, 4.69) is 19.6 Å². The molecule has 1 aliphatic rings. The fourth-order valence-electron chi connectivity index (χ4n) is 5.08. The first-order chi connectivity index (χ1) is 21.7. The Balaban J connectivity index is 1.26. The molecule has 0 aliphatic carbocycles. The minimum Gasteiger partial charge on any atom is -0.494 e. The van der Waals surface area contributed by atoms with Crippen molar-refractivity contribution in [1.29, 1.82) is 0 Å². The molecule has 45 heavy (non-hydrogen) atoms. The first kappa shape index (κ1) is 34.5. The summed E-state index contributed by atoms with van der Waals surface area (Å²) in [4.78, 5) is 13.0. The summed E-state index contributed by atoms with van der Waals surface area (Å²) < 4.78 is 29.2. The first-order valence-corrected chi connectivity index (χ1v) is 19.3. The SMILES string of the molecule is C[Si](C)(C)CCOCOc1ccc(COC2CN(C(=O)O)CC(O)C2c2ccc(OCCCOCc3ccccc3)cc2)cc1. The first-order valence-electron chi connectivity index (χ1n) is 15.6. The molecule has 3 unspecified atom stereocenters. The molecule has 0 radical (unpaired) electrons. The predicted molar refractivity (Wildman–Crippen MR) is 176 cm³/mol. The van der Waals surface area contributed by atoms with Crippen LogP contribution >= 0.6 is 0 Å². The molecule has 1 heterocycles. The zero-order valence-corrected chi connectivity index (χ0v) is 27.6. The van der Waals surface area contributed by atoms with Crippen LogP contribution in [0.4, 0.5) is 4.79 Å². The molecule has 3 aromatic rings. The summed E-state index contributed by atoms with van der Waals surface area (Å²) >= 11 is 0. The number of amides is 1. The molecule has 9 nitrogen and oxygen atoms in total. The van der Waals surface area contributed by atoms with Gasteiger partial charge in [-0.25, -0.2) is 4.79 Å². The molecule has 0 bridgehead atoms. The highest BCUT2D eigenvalue weighted by atomic mass is 28.3. The highest BCUT2D eigenvalue weighted by molar-refractivity contribution is 6.76. The number of aliphatic hydroxyl groups excluding tert-OH is 1. The van der Waals surface area contributed by atoms with E-state index in [1.165, 1.54) is 4.90 Å². The number of carbonyl (C=O) groups is 1. The summed E-state index contributed by atoms with van der Waals surface area (Å²) in [5.41, 5.74) is 2.93. The third-order valence-electron chi connectivity index (χ3n) is 7.66. The topological polar surface area (TPSA) is 107 Å². The van der Waals surface area contributed by atoms with Crippen molar-refractivity contribution in [1.82, 2.24) is 4.90 Å². The van der Waals surface area contributed by atoms with Crippen molar-refractivity contribution in [3.8, 4) is 11.5 Å². The van der Waals surface area contributed by atoms with Crippen LogP contribution in [0.3, 0.4) is 0 Å². The summed E-state index contributed by atoms with van der Waals surface area (Å²) in [5, 5.41) is 20.7. The Kier molecular flexibility index (Phi) is 13.3. The molecule has 3 atom stereocenters. The van der Waals surface area contributed by atoms with Crippen molar-refractivity contribution in [2.45, 2.75) is 63.4 Å². The van der Waals surface area contributed by atoms with Crippen LogP contribution in [-0.4, -0.2) is 81.2 Å². The van der Waals surface area contributed by atoms with E-state index < -0.39 is 32.3 Å². The number of hydrogen-bond donors (Lipinski definition) is 2. The van der Waals surface area contributed by atoms with Gasteiger partial charge < -0.3 is 38.8 Å². The van der Waals surface area contributed by atoms with Gasteiger partial charge in [0.1, 0.15) is 11.5 Å². The van der Waals surface area contributed by atoms with Crippen molar-refractivity contribution in [3.63, 3.8) is 0 Å². The molecule has 10 heteroatoms. The lowest BCUT2D eigenvalue weighted by molar-refractivity contribution is -0.0660. The van der Waals surface area contributed by atoms with Gasteiger partial charge in [-0.3, -0.25) is 0 Å². The molecule has 1 aliphatic heterocycles. The maximum absolute atomic E-state index is 11.8. The Morgan fingerprint density at radius 3 is 2.16 bits per heavy atom. The van der Waals surface area contributed by atoms with E-state index in [0.29, 0.717) is 32.2 Å². The number of rotatable bonds is 17. The Morgan fingerprint density at radius 1 is 0.800 bits per heavy atom. The number of aliphatic hydroxyl groups is 1. The number of β-amino-alcohol motifs (C(OH)–C–C–N with tert-alkyl or cyclic N) is 1. The number of carboxylic acid groups (broad SMARTS) is 1. The number of hydrogen-bond acceptors (Lipinski definition) is 7. The third kappa shape index (κ3) is 11.8. The molecule has 0 spiro atoms. The zero-order valence-electron chi connectivity index (χ0n) is 26.6. The predicted octanol–water partition coefficient (Wildman–Crippen LogP) is 6.39. The second kappa shape index (κ2) is 17.3. The van der Waals surface area contributed by atoms with Crippen LogP contribution in [0, 0.1) is 0 Å². The number of benzene rings is 3. The fourth-order valence-corrected chi connectivity index (χ4v) is 5.83. The maximum Gasteiger partial charge on any atom is 0.407 e. The van der Waals surface area contributed by atoms with Crippen LogP contribution < -0.4 is 9.47 Å². The van der Waals surface area contributed by atoms with E-state index in [0.717, 1.165) is 34.9 Å². The Hall–Kier alpha value is -3.41. The number of piperidine rings is 1. The fraction of sp³-hybridized carbons (Fsp3) is 0.457. The van der Waals surface area contributed by atoms with E-state index in [9.17, 15) is 15.0 Å². The van der Waals surface area contributed by atoms with Gasteiger partial charge in [0.2, 0.25) is 0 Å². The highest BCUT2D eigenvalue weighted by Crippen LogP contribution is 2.33. The Bertz CT molecular complexity index is 1280. The van der Waals surface area contributed by atoms with Crippen LogP contribution in [0.5, 0.6) is 11.5 Å². The highest BCUT2D eigenvalue weighted by Gasteiger charge is 2.39. The minimum atomic E-state index is -1.13. The second-order valence-electron chi connectivity index (χ2n) is 12.6. The summed E-state index contributed by atoms with van der Waals surface area (Å²) in [6.07, 6.45) is -1.76. The van der Waals surface area contributed by atoms with Gasteiger partial charge in [0.15, 0.2) is 6.79 Å². The molecule has 4 rings (SSSR count).